The second kappa shape index (κ2) is 9.56. The van der Waals surface area contributed by atoms with Crippen molar-refractivity contribution in [3.8, 4) is 17.3 Å². The monoisotopic (exact) mass is 549 g/mol. The Bertz CT molecular complexity index is 1750. The van der Waals surface area contributed by atoms with Gasteiger partial charge >= 0.3 is 12.2 Å². The molecule has 1 fully saturated rings. The molecule has 40 heavy (non-hydrogen) atoms. The highest BCUT2D eigenvalue weighted by atomic mass is 19.4. The number of likely N-dealkylation sites (N-methyl/N-ethyl adjacent to an activating group) is 1. The Kier molecular flexibility index (Phi) is 6.33. The Labute approximate surface area is 225 Å². The molecule has 3 aromatic carbocycles. The number of carbonyl (C=O) groups excluding carboxylic acids is 2. The summed E-state index contributed by atoms with van der Waals surface area (Å²) in [6.07, 6.45) is -3.20. The lowest BCUT2D eigenvalue weighted by Gasteiger charge is -2.11. The summed E-state index contributed by atoms with van der Waals surface area (Å²) in [6.45, 7) is 3.66. The first-order valence-corrected chi connectivity index (χ1v) is 11.9. The van der Waals surface area contributed by atoms with Crippen molar-refractivity contribution in [3.05, 3.63) is 82.5 Å². The van der Waals surface area contributed by atoms with Gasteiger partial charge in [0.2, 0.25) is 5.88 Å². The van der Waals surface area contributed by atoms with Gasteiger partial charge in [0, 0.05) is 18.1 Å². The van der Waals surface area contributed by atoms with E-state index in [2.05, 4.69) is 15.5 Å². The number of rotatable bonds is 4. The molecule has 1 aliphatic rings. The van der Waals surface area contributed by atoms with Gasteiger partial charge in [-0.15, -0.1) is 10.2 Å². The average Bonchev–Trinajstić information content (AvgIpc) is 3.28. The molecule has 0 spiro atoms. The Morgan fingerprint density at radius 2 is 1.62 bits per heavy atom. The number of aryl methyl sites for hydroxylation is 2. The van der Waals surface area contributed by atoms with Crippen molar-refractivity contribution in [1.29, 1.82) is 0 Å². The number of aromatic hydroxyl groups is 2. The molecular formula is C28H22F3N5O4. The Morgan fingerprint density at radius 3 is 2.23 bits per heavy atom. The van der Waals surface area contributed by atoms with Gasteiger partial charge in [0.05, 0.1) is 11.1 Å². The van der Waals surface area contributed by atoms with Crippen molar-refractivity contribution < 1.29 is 33.0 Å². The molecule has 3 N–H and O–H groups in total. The van der Waals surface area contributed by atoms with E-state index in [0.717, 1.165) is 28.2 Å². The van der Waals surface area contributed by atoms with E-state index in [1.807, 2.05) is 19.9 Å². The standard InChI is InChI=1S/C28H22F3N5O4/c1-14-8-15(2)10-18(9-14)36-21-13-17(28(29,30)31)5-6-19(21)24(26(36)39)34-33-20-7-4-16(12-23(20)37)11-22-25(38)32-27(40)35(22)3/h4-13,37,39H,1-3H3,(H,32,38,40). The van der Waals surface area contributed by atoms with Gasteiger partial charge < -0.3 is 10.2 Å². The summed E-state index contributed by atoms with van der Waals surface area (Å²) in [4.78, 5) is 24.7. The fraction of sp³-hybridized carbons (Fsp3) is 0.143. The number of nitrogens with one attached hydrogen (secondary N) is 1. The molecule has 1 aromatic heterocycles. The third kappa shape index (κ3) is 4.75. The predicted molar refractivity (Wildman–Crippen MR) is 141 cm³/mol. The van der Waals surface area contributed by atoms with Crippen LogP contribution in [-0.2, 0) is 11.0 Å². The molecule has 0 saturated carbocycles. The summed E-state index contributed by atoms with van der Waals surface area (Å²) in [7, 11) is 1.42. The highest BCUT2D eigenvalue weighted by Gasteiger charge is 2.32. The van der Waals surface area contributed by atoms with Crippen LogP contribution in [0.5, 0.6) is 11.6 Å². The first-order valence-electron chi connectivity index (χ1n) is 11.9. The molecule has 1 saturated heterocycles. The lowest BCUT2D eigenvalue weighted by Crippen LogP contribution is -2.24. The van der Waals surface area contributed by atoms with E-state index in [0.29, 0.717) is 11.3 Å². The van der Waals surface area contributed by atoms with Crippen molar-refractivity contribution >= 4 is 40.3 Å². The number of fused-ring (bicyclic) bond motifs is 1. The van der Waals surface area contributed by atoms with Crippen molar-refractivity contribution in [2.24, 2.45) is 10.2 Å². The number of alkyl halides is 3. The van der Waals surface area contributed by atoms with Crippen LogP contribution in [0.4, 0.5) is 29.3 Å². The van der Waals surface area contributed by atoms with Crippen LogP contribution in [0.25, 0.3) is 22.7 Å². The van der Waals surface area contributed by atoms with E-state index in [1.54, 1.807) is 12.1 Å². The number of hydrogen-bond donors (Lipinski definition) is 3. The van der Waals surface area contributed by atoms with Crippen LogP contribution < -0.4 is 5.32 Å². The van der Waals surface area contributed by atoms with E-state index in [-0.39, 0.29) is 33.7 Å². The molecule has 204 valence electrons. The molecule has 4 aromatic rings. The molecule has 0 aliphatic carbocycles. The van der Waals surface area contributed by atoms with Crippen molar-refractivity contribution in [1.82, 2.24) is 14.8 Å². The maximum absolute atomic E-state index is 13.5. The summed E-state index contributed by atoms with van der Waals surface area (Å²) < 4.78 is 41.9. The number of phenols is 1. The lowest BCUT2D eigenvalue weighted by molar-refractivity contribution is -0.137. The number of halogens is 3. The Balaban J connectivity index is 1.59. The Morgan fingerprint density at radius 1 is 0.925 bits per heavy atom. The lowest BCUT2D eigenvalue weighted by atomic mass is 10.1. The topological polar surface area (TPSA) is 120 Å². The van der Waals surface area contributed by atoms with Gasteiger partial charge in [-0.3, -0.25) is 19.6 Å². The second-order valence-corrected chi connectivity index (χ2v) is 9.38. The quantitative estimate of drug-likeness (QED) is 0.151. The fourth-order valence-corrected chi connectivity index (χ4v) is 4.52. The maximum Gasteiger partial charge on any atom is 0.416 e. The highest BCUT2D eigenvalue weighted by molar-refractivity contribution is 6.13. The third-order valence-corrected chi connectivity index (χ3v) is 6.39. The minimum atomic E-state index is -4.60. The van der Waals surface area contributed by atoms with Gasteiger partial charge in [-0.05, 0) is 79.1 Å². The predicted octanol–water partition coefficient (Wildman–Crippen LogP) is 6.62. The molecular weight excluding hydrogens is 527 g/mol. The molecule has 0 bridgehead atoms. The number of carbonyl (C=O) groups is 2. The number of amides is 3. The number of azo groups is 1. The molecule has 0 unspecified atom stereocenters. The molecule has 0 radical (unpaired) electrons. The van der Waals surface area contributed by atoms with Gasteiger partial charge in [0.25, 0.3) is 5.91 Å². The van der Waals surface area contributed by atoms with Crippen LogP contribution in [0.15, 0.2) is 70.5 Å². The molecule has 3 amide bonds. The summed E-state index contributed by atoms with van der Waals surface area (Å²) >= 11 is 0. The normalized spacial score (nSPS) is 15.2. The largest absolute Gasteiger partial charge is 0.506 e. The molecule has 2 heterocycles. The van der Waals surface area contributed by atoms with Gasteiger partial charge in [0.15, 0.2) is 5.69 Å². The summed E-state index contributed by atoms with van der Waals surface area (Å²) in [6, 6.07) is 12.0. The fourth-order valence-electron chi connectivity index (χ4n) is 4.52. The van der Waals surface area contributed by atoms with Crippen molar-refractivity contribution in [3.63, 3.8) is 0 Å². The van der Waals surface area contributed by atoms with Crippen LogP contribution in [-0.4, -0.2) is 38.7 Å². The average molecular weight is 550 g/mol. The first-order chi connectivity index (χ1) is 18.8. The minimum absolute atomic E-state index is 0.000987. The zero-order valence-corrected chi connectivity index (χ0v) is 21.4. The smallest absolute Gasteiger partial charge is 0.416 e. The minimum Gasteiger partial charge on any atom is -0.506 e. The van der Waals surface area contributed by atoms with Gasteiger partial charge in [0.1, 0.15) is 17.1 Å². The van der Waals surface area contributed by atoms with E-state index < -0.39 is 29.6 Å². The van der Waals surface area contributed by atoms with Crippen LogP contribution in [0.2, 0.25) is 0 Å². The molecule has 0 atom stereocenters. The maximum atomic E-state index is 13.5. The zero-order chi connectivity index (χ0) is 28.9. The molecule has 9 nitrogen and oxygen atoms in total. The number of urea groups is 1. The van der Waals surface area contributed by atoms with E-state index in [1.165, 1.54) is 42.0 Å². The van der Waals surface area contributed by atoms with Crippen LogP contribution >= 0.6 is 0 Å². The number of aromatic nitrogens is 1. The van der Waals surface area contributed by atoms with Gasteiger partial charge in [-0.2, -0.15) is 13.2 Å². The first kappa shape index (κ1) is 26.5. The SMILES string of the molecule is Cc1cc(C)cc(-n2c(O)c(N=Nc3ccc(C=C4C(=O)NC(=O)N4C)cc3O)c3ccc(C(F)(F)F)cc32)c1. The van der Waals surface area contributed by atoms with Crippen LogP contribution in [0.3, 0.4) is 0 Å². The molecule has 12 heteroatoms. The van der Waals surface area contributed by atoms with Gasteiger partial charge in [-0.1, -0.05) is 12.1 Å². The summed E-state index contributed by atoms with van der Waals surface area (Å²) in [5.74, 6) is -1.33. The number of nitrogens with zero attached hydrogens (tertiary/aromatic N) is 4. The van der Waals surface area contributed by atoms with Crippen LogP contribution in [0, 0.1) is 13.8 Å². The number of phenolic OH excluding ortho intramolecular Hbond substituents is 1. The number of benzene rings is 3. The molecule has 1 aliphatic heterocycles. The number of hydrogen-bond acceptors (Lipinski definition) is 6. The van der Waals surface area contributed by atoms with Crippen molar-refractivity contribution in [2.45, 2.75) is 20.0 Å². The highest BCUT2D eigenvalue weighted by Crippen LogP contribution is 2.44. The molecule has 5 rings (SSSR count). The third-order valence-electron chi connectivity index (χ3n) is 6.39. The van der Waals surface area contributed by atoms with Gasteiger partial charge in [-0.25, -0.2) is 4.79 Å². The van der Waals surface area contributed by atoms with E-state index >= 15 is 0 Å². The van der Waals surface area contributed by atoms with E-state index in [9.17, 15) is 33.0 Å². The van der Waals surface area contributed by atoms with Crippen LogP contribution in [0.1, 0.15) is 22.3 Å². The Hall–Kier alpha value is -5.13. The van der Waals surface area contributed by atoms with Crippen molar-refractivity contribution in [2.75, 3.05) is 7.05 Å². The summed E-state index contributed by atoms with van der Waals surface area (Å²) in [5, 5.41) is 32.2. The van der Waals surface area contributed by atoms with E-state index in [4.69, 9.17) is 0 Å². The summed E-state index contributed by atoms with van der Waals surface area (Å²) in [5.41, 5.74) is 1.72. The number of imide groups is 1. The second-order valence-electron chi connectivity index (χ2n) is 9.38. The zero-order valence-electron chi connectivity index (χ0n) is 21.4.